The molecule has 0 saturated carbocycles. The molecule has 18 heavy (non-hydrogen) atoms. The molecule has 1 amide bonds. The highest BCUT2D eigenvalue weighted by molar-refractivity contribution is 6.33. The Bertz CT molecular complexity index is 444. The highest BCUT2D eigenvalue weighted by atomic mass is 35.5. The van der Waals surface area contributed by atoms with Crippen LogP contribution in [0.15, 0.2) is 6.20 Å². The SMILES string of the molecule is CC(C)c1ncc(Cl)c(C(=O)NC2CCNC2)n1. The van der Waals surface area contributed by atoms with Crippen LogP contribution >= 0.6 is 11.6 Å². The van der Waals surface area contributed by atoms with E-state index >= 15 is 0 Å². The van der Waals surface area contributed by atoms with Gasteiger partial charge in [0.15, 0.2) is 0 Å². The summed E-state index contributed by atoms with van der Waals surface area (Å²) in [6.07, 6.45) is 2.43. The maximum atomic E-state index is 12.1. The molecule has 1 aromatic rings. The first-order chi connectivity index (χ1) is 8.58. The van der Waals surface area contributed by atoms with Gasteiger partial charge in [0, 0.05) is 18.5 Å². The van der Waals surface area contributed by atoms with Gasteiger partial charge in [0.05, 0.1) is 11.2 Å². The summed E-state index contributed by atoms with van der Waals surface area (Å²) in [6, 6.07) is 0.158. The van der Waals surface area contributed by atoms with E-state index in [1.807, 2.05) is 13.8 Å². The zero-order valence-corrected chi connectivity index (χ0v) is 11.3. The first-order valence-corrected chi connectivity index (χ1v) is 6.49. The average molecular weight is 269 g/mol. The third-order valence-corrected chi connectivity index (χ3v) is 3.17. The zero-order chi connectivity index (χ0) is 13.1. The first kappa shape index (κ1) is 13.2. The minimum Gasteiger partial charge on any atom is -0.347 e. The predicted octanol–water partition coefficient (Wildman–Crippen LogP) is 1.35. The maximum Gasteiger partial charge on any atom is 0.271 e. The second-order valence-electron chi connectivity index (χ2n) is 4.74. The summed E-state index contributed by atoms with van der Waals surface area (Å²) >= 11 is 5.98. The van der Waals surface area contributed by atoms with Crippen molar-refractivity contribution in [3.05, 3.63) is 22.7 Å². The Balaban J connectivity index is 2.15. The maximum absolute atomic E-state index is 12.1. The fraction of sp³-hybridized carbons (Fsp3) is 0.583. The summed E-state index contributed by atoms with van der Waals surface area (Å²) in [5, 5.41) is 6.41. The Labute approximate surface area is 111 Å². The molecular weight excluding hydrogens is 252 g/mol. The molecule has 2 rings (SSSR count). The third-order valence-electron chi connectivity index (χ3n) is 2.89. The molecule has 1 atom stereocenters. The summed E-state index contributed by atoms with van der Waals surface area (Å²) in [5.41, 5.74) is 0.266. The summed E-state index contributed by atoms with van der Waals surface area (Å²) in [6.45, 7) is 5.68. The summed E-state index contributed by atoms with van der Waals surface area (Å²) < 4.78 is 0. The zero-order valence-electron chi connectivity index (χ0n) is 10.5. The molecule has 6 heteroatoms. The molecule has 0 radical (unpaired) electrons. The molecule has 2 heterocycles. The predicted molar refractivity (Wildman–Crippen MR) is 69.9 cm³/mol. The van der Waals surface area contributed by atoms with Crippen LogP contribution in [0, 0.1) is 0 Å². The number of rotatable bonds is 3. The number of hydrogen-bond donors (Lipinski definition) is 2. The third kappa shape index (κ3) is 2.97. The van der Waals surface area contributed by atoms with Crippen LogP contribution in [0.2, 0.25) is 5.02 Å². The van der Waals surface area contributed by atoms with Crippen molar-refractivity contribution in [2.45, 2.75) is 32.2 Å². The van der Waals surface area contributed by atoms with Crippen LogP contribution < -0.4 is 10.6 Å². The minimum absolute atomic E-state index is 0.158. The molecule has 98 valence electrons. The van der Waals surface area contributed by atoms with Crippen molar-refractivity contribution in [2.24, 2.45) is 0 Å². The molecule has 0 aliphatic carbocycles. The van der Waals surface area contributed by atoms with Gasteiger partial charge in [-0.15, -0.1) is 0 Å². The lowest BCUT2D eigenvalue weighted by atomic mass is 10.2. The average Bonchev–Trinajstić information content (AvgIpc) is 2.81. The highest BCUT2D eigenvalue weighted by Gasteiger charge is 2.21. The van der Waals surface area contributed by atoms with Gasteiger partial charge in [-0.25, -0.2) is 9.97 Å². The molecule has 2 N–H and O–H groups in total. The Morgan fingerprint density at radius 2 is 2.39 bits per heavy atom. The lowest BCUT2D eigenvalue weighted by Crippen LogP contribution is -2.37. The van der Waals surface area contributed by atoms with Gasteiger partial charge >= 0.3 is 0 Å². The van der Waals surface area contributed by atoms with Crippen LogP contribution in [0.25, 0.3) is 0 Å². The quantitative estimate of drug-likeness (QED) is 0.868. The minimum atomic E-state index is -0.224. The van der Waals surface area contributed by atoms with Crippen molar-refractivity contribution in [1.29, 1.82) is 0 Å². The first-order valence-electron chi connectivity index (χ1n) is 6.12. The monoisotopic (exact) mass is 268 g/mol. The van der Waals surface area contributed by atoms with E-state index in [1.54, 1.807) is 0 Å². The fourth-order valence-corrected chi connectivity index (χ4v) is 2.03. The van der Waals surface area contributed by atoms with E-state index in [2.05, 4.69) is 20.6 Å². The van der Waals surface area contributed by atoms with E-state index in [0.29, 0.717) is 10.8 Å². The highest BCUT2D eigenvalue weighted by Crippen LogP contribution is 2.16. The number of hydrogen-bond acceptors (Lipinski definition) is 4. The van der Waals surface area contributed by atoms with E-state index in [0.717, 1.165) is 19.5 Å². The molecule has 0 bridgehead atoms. The molecule has 5 nitrogen and oxygen atoms in total. The smallest absolute Gasteiger partial charge is 0.271 e. The van der Waals surface area contributed by atoms with Crippen LogP contribution in [-0.2, 0) is 0 Å². The van der Waals surface area contributed by atoms with Crippen molar-refractivity contribution >= 4 is 17.5 Å². The molecule has 0 spiro atoms. The van der Waals surface area contributed by atoms with Crippen molar-refractivity contribution in [3.8, 4) is 0 Å². The number of halogens is 1. The molecule has 1 aliphatic rings. The van der Waals surface area contributed by atoms with Crippen molar-refractivity contribution < 1.29 is 4.79 Å². The molecule has 0 aromatic carbocycles. The molecule has 1 saturated heterocycles. The summed E-state index contributed by atoms with van der Waals surface area (Å²) in [7, 11) is 0. The molecular formula is C12H17ClN4O. The largest absolute Gasteiger partial charge is 0.347 e. The number of carbonyl (C=O) groups excluding carboxylic acids is 1. The van der Waals surface area contributed by atoms with Crippen LogP contribution in [0.4, 0.5) is 0 Å². The number of aromatic nitrogens is 2. The van der Waals surface area contributed by atoms with E-state index in [4.69, 9.17) is 11.6 Å². The molecule has 1 unspecified atom stereocenters. The van der Waals surface area contributed by atoms with Gasteiger partial charge < -0.3 is 10.6 Å². The van der Waals surface area contributed by atoms with Crippen LogP contribution in [-0.4, -0.2) is 35.0 Å². The van der Waals surface area contributed by atoms with E-state index in [-0.39, 0.29) is 23.6 Å². The molecule has 1 aromatic heterocycles. The Hall–Kier alpha value is -1.20. The Morgan fingerprint density at radius 3 is 3.00 bits per heavy atom. The molecule has 1 aliphatic heterocycles. The van der Waals surface area contributed by atoms with Crippen LogP contribution in [0.3, 0.4) is 0 Å². The van der Waals surface area contributed by atoms with Crippen LogP contribution in [0.5, 0.6) is 0 Å². The van der Waals surface area contributed by atoms with Gasteiger partial charge in [-0.2, -0.15) is 0 Å². The lowest BCUT2D eigenvalue weighted by molar-refractivity contribution is 0.0934. The van der Waals surface area contributed by atoms with Gasteiger partial charge in [0.2, 0.25) is 0 Å². The summed E-state index contributed by atoms with van der Waals surface area (Å²) in [4.78, 5) is 20.4. The number of nitrogens with zero attached hydrogens (tertiary/aromatic N) is 2. The van der Waals surface area contributed by atoms with Gasteiger partial charge in [-0.05, 0) is 13.0 Å². The van der Waals surface area contributed by atoms with Gasteiger partial charge in [0.25, 0.3) is 5.91 Å². The van der Waals surface area contributed by atoms with Crippen molar-refractivity contribution in [1.82, 2.24) is 20.6 Å². The number of carbonyl (C=O) groups is 1. The Kier molecular flexibility index (Phi) is 4.14. The standard InChI is InChI=1S/C12H17ClN4O/c1-7(2)11-15-6-9(13)10(17-11)12(18)16-8-3-4-14-5-8/h6-8,14H,3-5H2,1-2H3,(H,16,18). The normalized spacial score (nSPS) is 19.2. The number of amides is 1. The molecule has 1 fully saturated rings. The Morgan fingerprint density at radius 1 is 1.61 bits per heavy atom. The summed E-state index contributed by atoms with van der Waals surface area (Å²) in [5.74, 6) is 0.578. The fourth-order valence-electron chi connectivity index (χ4n) is 1.85. The van der Waals surface area contributed by atoms with Gasteiger partial charge in [-0.3, -0.25) is 4.79 Å². The van der Waals surface area contributed by atoms with E-state index < -0.39 is 0 Å². The second-order valence-corrected chi connectivity index (χ2v) is 5.15. The number of nitrogens with one attached hydrogen (secondary N) is 2. The lowest BCUT2D eigenvalue weighted by Gasteiger charge is -2.12. The second kappa shape index (κ2) is 5.63. The van der Waals surface area contributed by atoms with Crippen molar-refractivity contribution in [3.63, 3.8) is 0 Å². The van der Waals surface area contributed by atoms with E-state index in [1.165, 1.54) is 6.20 Å². The van der Waals surface area contributed by atoms with Gasteiger partial charge in [-0.1, -0.05) is 25.4 Å². The van der Waals surface area contributed by atoms with E-state index in [9.17, 15) is 4.79 Å². The van der Waals surface area contributed by atoms with Gasteiger partial charge in [0.1, 0.15) is 11.5 Å². The van der Waals surface area contributed by atoms with Crippen LogP contribution in [0.1, 0.15) is 42.5 Å². The topological polar surface area (TPSA) is 66.9 Å². The van der Waals surface area contributed by atoms with Crippen molar-refractivity contribution in [2.75, 3.05) is 13.1 Å².